The minimum absolute atomic E-state index is 0.0589. The number of hydrogen-bond donors (Lipinski definition) is 2. The molecule has 0 atom stereocenters. The zero-order chi connectivity index (χ0) is 16.4. The summed E-state index contributed by atoms with van der Waals surface area (Å²) in [5.41, 5.74) is 2.06. The molecule has 120 valence electrons. The zero-order valence-electron chi connectivity index (χ0n) is 12.8. The second-order valence-electron chi connectivity index (χ2n) is 5.79. The molecular formula is C17H18N2O4. The molecular weight excluding hydrogens is 296 g/mol. The summed E-state index contributed by atoms with van der Waals surface area (Å²) in [5.74, 6) is 0.0573. The van der Waals surface area contributed by atoms with Gasteiger partial charge in [0.15, 0.2) is 5.89 Å². The summed E-state index contributed by atoms with van der Waals surface area (Å²) in [7, 11) is 0. The fourth-order valence-corrected chi connectivity index (χ4v) is 2.38. The number of carboxylic acid groups (broad SMARTS) is 1. The SMILES string of the molecule is Cc1nc(C2CC2)oc1C(=O)Nc1cccc(CCC(=O)O)c1. The summed E-state index contributed by atoms with van der Waals surface area (Å²) >= 11 is 0. The molecule has 1 saturated carbocycles. The Labute approximate surface area is 133 Å². The quantitative estimate of drug-likeness (QED) is 0.854. The van der Waals surface area contributed by atoms with Crippen molar-refractivity contribution in [2.45, 2.75) is 38.5 Å². The van der Waals surface area contributed by atoms with Crippen molar-refractivity contribution in [1.29, 1.82) is 0 Å². The summed E-state index contributed by atoms with van der Waals surface area (Å²) in [5, 5.41) is 11.5. The molecule has 1 fully saturated rings. The molecule has 0 radical (unpaired) electrons. The average Bonchev–Trinajstić information content (AvgIpc) is 3.28. The highest BCUT2D eigenvalue weighted by molar-refractivity contribution is 6.03. The van der Waals surface area contributed by atoms with E-state index in [0.29, 0.717) is 29.6 Å². The van der Waals surface area contributed by atoms with Crippen molar-refractivity contribution in [3.8, 4) is 0 Å². The Morgan fingerprint density at radius 1 is 1.39 bits per heavy atom. The number of hydrogen-bond acceptors (Lipinski definition) is 4. The van der Waals surface area contributed by atoms with Crippen molar-refractivity contribution < 1.29 is 19.1 Å². The number of aryl methyl sites for hydroxylation is 2. The first kappa shape index (κ1) is 15.3. The molecule has 0 unspecified atom stereocenters. The maximum absolute atomic E-state index is 12.3. The lowest BCUT2D eigenvalue weighted by Crippen LogP contribution is -2.12. The van der Waals surface area contributed by atoms with Crippen LogP contribution in [0.15, 0.2) is 28.7 Å². The molecule has 1 aliphatic rings. The minimum Gasteiger partial charge on any atom is -0.481 e. The van der Waals surface area contributed by atoms with Gasteiger partial charge in [0.2, 0.25) is 5.76 Å². The molecule has 1 aromatic heterocycles. The number of rotatable bonds is 6. The van der Waals surface area contributed by atoms with Gasteiger partial charge in [-0.1, -0.05) is 12.1 Å². The number of amides is 1. The Bertz CT molecular complexity index is 747. The van der Waals surface area contributed by atoms with E-state index >= 15 is 0 Å². The number of carbonyl (C=O) groups excluding carboxylic acids is 1. The Morgan fingerprint density at radius 3 is 2.87 bits per heavy atom. The Hall–Kier alpha value is -2.63. The van der Waals surface area contributed by atoms with Crippen LogP contribution in [0.5, 0.6) is 0 Å². The molecule has 2 aromatic rings. The van der Waals surface area contributed by atoms with Crippen molar-refractivity contribution in [1.82, 2.24) is 4.98 Å². The monoisotopic (exact) mass is 314 g/mol. The molecule has 0 aliphatic heterocycles. The Kier molecular flexibility index (Phi) is 4.14. The summed E-state index contributed by atoms with van der Waals surface area (Å²) < 4.78 is 5.58. The van der Waals surface area contributed by atoms with Gasteiger partial charge in [0.1, 0.15) is 0 Å². The largest absolute Gasteiger partial charge is 0.481 e. The van der Waals surface area contributed by atoms with E-state index in [2.05, 4.69) is 10.3 Å². The van der Waals surface area contributed by atoms with Gasteiger partial charge in [-0.3, -0.25) is 9.59 Å². The molecule has 0 bridgehead atoms. The first-order valence-electron chi connectivity index (χ1n) is 7.62. The van der Waals surface area contributed by atoms with Gasteiger partial charge in [-0.05, 0) is 43.9 Å². The van der Waals surface area contributed by atoms with E-state index in [4.69, 9.17) is 9.52 Å². The Balaban J connectivity index is 1.69. The summed E-state index contributed by atoms with van der Waals surface area (Å²) in [6.07, 6.45) is 2.61. The van der Waals surface area contributed by atoms with Crippen LogP contribution in [0.25, 0.3) is 0 Å². The fourth-order valence-electron chi connectivity index (χ4n) is 2.38. The molecule has 3 rings (SSSR count). The van der Waals surface area contributed by atoms with Gasteiger partial charge >= 0.3 is 5.97 Å². The van der Waals surface area contributed by atoms with Gasteiger partial charge in [-0.15, -0.1) is 0 Å². The van der Waals surface area contributed by atoms with Crippen LogP contribution >= 0.6 is 0 Å². The maximum Gasteiger partial charge on any atom is 0.303 e. The van der Waals surface area contributed by atoms with E-state index in [1.807, 2.05) is 6.07 Å². The van der Waals surface area contributed by atoms with E-state index in [1.165, 1.54) is 0 Å². The van der Waals surface area contributed by atoms with Crippen LogP contribution in [0.1, 0.15) is 52.9 Å². The van der Waals surface area contributed by atoms with Crippen molar-refractivity contribution in [3.63, 3.8) is 0 Å². The number of nitrogens with one attached hydrogen (secondary N) is 1. The van der Waals surface area contributed by atoms with Gasteiger partial charge in [-0.25, -0.2) is 4.98 Å². The molecule has 1 aromatic carbocycles. The molecule has 2 N–H and O–H groups in total. The molecule has 1 aliphatic carbocycles. The number of anilines is 1. The van der Waals surface area contributed by atoms with Crippen molar-refractivity contribution in [3.05, 3.63) is 47.2 Å². The number of aromatic nitrogens is 1. The van der Waals surface area contributed by atoms with Crippen LogP contribution in [-0.2, 0) is 11.2 Å². The average molecular weight is 314 g/mol. The predicted octanol–water partition coefficient (Wildman–Crippen LogP) is 3.13. The molecule has 0 saturated heterocycles. The van der Waals surface area contributed by atoms with Gasteiger partial charge < -0.3 is 14.8 Å². The normalized spacial score (nSPS) is 13.8. The second kappa shape index (κ2) is 6.24. The zero-order valence-corrected chi connectivity index (χ0v) is 12.8. The lowest BCUT2D eigenvalue weighted by molar-refractivity contribution is -0.136. The highest BCUT2D eigenvalue weighted by Crippen LogP contribution is 2.40. The van der Waals surface area contributed by atoms with Crippen molar-refractivity contribution in [2.75, 3.05) is 5.32 Å². The van der Waals surface area contributed by atoms with E-state index in [9.17, 15) is 9.59 Å². The molecule has 0 spiro atoms. The van der Waals surface area contributed by atoms with Crippen LogP contribution in [0.2, 0.25) is 0 Å². The van der Waals surface area contributed by atoms with Crippen molar-refractivity contribution >= 4 is 17.6 Å². The molecule has 6 heteroatoms. The predicted molar refractivity (Wildman–Crippen MR) is 83.6 cm³/mol. The third-order valence-corrected chi connectivity index (χ3v) is 3.76. The summed E-state index contributed by atoms with van der Waals surface area (Å²) in [4.78, 5) is 27.3. The fraction of sp³-hybridized carbons (Fsp3) is 0.353. The van der Waals surface area contributed by atoms with Gasteiger partial charge in [0, 0.05) is 18.0 Å². The highest BCUT2D eigenvalue weighted by Gasteiger charge is 2.30. The number of aliphatic carboxylic acids is 1. The Morgan fingerprint density at radius 2 is 2.17 bits per heavy atom. The first-order chi connectivity index (χ1) is 11.0. The van der Waals surface area contributed by atoms with E-state index in [-0.39, 0.29) is 18.1 Å². The smallest absolute Gasteiger partial charge is 0.303 e. The summed E-state index contributed by atoms with van der Waals surface area (Å²) in [6.45, 7) is 1.76. The topological polar surface area (TPSA) is 92.4 Å². The van der Waals surface area contributed by atoms with Crippen LogP contribution in [0, 0.1) is 6.92 Å². The second-order valence-corrected chi connectivity index (χ2v) is 5.79. The number of carbonyl (C=O) groups is 2. The lowest BCUT2D eigenvalue weighted by atomic mass is 10.1. The summed E-state index contributed by atoms with van der Waals surface area (Å²) in [6, 6.07) is 7.16. The molecule has 1 heterocycles. The van der Waals surface area contributed by atoms with Gasteiger partial charge in [0.25, 0.3) is 5.91 Å². The highest BCUT2D eigenvalue weighted by atomic mass is 16.4. The van der Waals surface area contributed by atoms with Gasteiger partial charge in [0.05, 0.1) is 5.69 Å². The number of nitrogens with zero attached hydrogens (tertiary/aromatic N) is 1. The standard InChI is InChI=1S/C17H18N2O4/c1-10-15(23-17(18-10)12-6-7-12)16(22)19-13-4-2-3-11(9-13)5-8-14(20)21/h2-4,9,12H,5-8H2,1H3,(H,19,22)(H,20,21). The third-order valence-electron chi connectivity index (χ3n) is 3.76. The van der Waals surface area contributed by atoms with E-state index in [0.717, 1.165) is 18.4 Å². The van der Waals surface area contributed by atoms with Crippen LogP contribution < -0.4 is 5.32 Å². The number of oxazole rings is 1. The van der Waals surface area contributed by atoms with E-state index in [1.54, 1.807) is 25.1 Å². The number of benzene rings is 1. The van der Waals surface area contributed by atoms with Crippen LogP contribution in [-0.4, -0.2) is 22.0 Å². The molecule has 1 amide bonds. The van der Waals surface area contributed by atoms with Crippen LogP contribution in [0.3, 0.4) is 0 Å². The third kappa shape index (κ3) is 3.77. The number of carboxylic acids is 1. The van der Waals surface area contributed by atoms with Crippen LogP contribution in [0.4, 0.5) is 5.69 Å². The lowest BCUT2D eigenvalue weighted by Gasteiger charge is -2.06. The minimum atomic E-state index is -0.843. The van der Waals surface area contributed by atoms with Crippen molar-refractivity contribution in [2.24, 2.45) is 0 Å². The molecule has 23 heavy (non-hydrogen) atoms. The molecule has 6 nitrogen and oxygen atoms in total. The van der Waals surface area contributed by atoms with E-state index < -0.39 is 5.97 Å². The maximum atomic E-state index is 12.3. The first-order valence-corrected chi connectivity index (χ1v) is 7.62. The van der Waals surface area contributed by atoms with Gasteiger partial charge in [-0.2, -0.15) is 0 Å².